The van der Waals surface area contributed by atoms with Crippen LogP contribution in [0.1, 0.15) is 25.3 Å². The first-order valence-corrected chi connectivity index (χ1v) is 6.53. The largest absolute Gasteiger partial charge is 0.506 e. The zero-order chi connectivity index (χ0) is 15.0. The summed E-state index contributed by atoms with van der Waals surface area (Å²) >= 11 is 0. The van der Waals surface area contributed by atoms with Crippen molar-refractivity contribution in [3.05, 3.63) is 35.5 Å². The number of nitriles is 1. The predicted molar refractivity (Wildman–Crippen MR) is 78.1 cm³/mol. The van der Waals surface area contributed by atoms with Crippen LogP contribution in [0.25, 0.3) is 0 Å². The minimum Gasteiger partial charge on any atom is -0.506 e. The molecule has 5 nitrogen and oxygen atoms in total. The van der Waals surface area contributed by atoms with Gasteiger partial charge in [-0.05, 0) is 31.0 Å². The molecule has 0 spiro atoms. The van der Waals surface area contributed by atoms with Crippen molar-refractivity contribution in [2.24, 2.45) is 0 Å². The summed E-state index contributed by atoms with van der Waals surface area (Å²) in [4.78, 5) is 11.7. The van der Waals surface area contributed by atoms with Crippen molar-refractivity contribution in [2.45, 2.75) is 26.7 Å². The normalized spacial score (nSPS) is 10.8. The molecule has 5 heteroatoms. The van der Waals surface area contributed by atoms with E-state index in [1.54, 1.807) is 12.1 Å². The minimum absolute atomic E-state index is 0.0268. The molecule has 0 unspecified atom stereocenters. The van der Waals surface area contributed by atoms with Crippen LogP contribution in [0.4, 0.5) is 5.69 Å². The number of amides is 1. The van der Waals surface area contributed by atoms with Crippen LogP contribution in [0.3, 0.4) is 0 Å². The van der Waals surface area contributed by atoms with E-state index in [4.69, 9.17) is 5.26 Å². The predicted octanol–water partition coefficient (Wildman–Crippen LogP) is 2.44. The van der Waals surface area contributed by atoms with Gasteiger partial charge in [0.05, 0.1) is 5.69 Å². The second-order valence-electron chi connectivity index (χ2n) is 4.44. The van der Waals surface area contributed by atoms with E-state index in [9.17, 15) is 9.90 Å². The summed E-state index contributed by atoms with van der Waals surface area (Å²) in [6.45, 7) is 4.43. The number of hydrogen-bond donors (Lipinski definition) is 3. The Hall–Kier alpha value is -2.48. The van der Waals surface area contributed by atoms with Gasteiger partial charge < -0.3 is 15.7 Å². The van der Waals surface area contributed by atoms with Gasteiger partial charge in [-0.15, -0.1) is 0 Å². The van der Waals surface area contributed by atoms with Crippen LogP contribution >= 0.6 is 0 Å². The third-order valence-corrected chi connectivity index (χ3v) is 2.71. The van der Waals surface area contributed by atoms with Gasteiger partial charge in [0.15, 0.2) is 0 Å². The molecule has 1 rings (SSSR count). The molecule has 0 radical (unpaired) electrons. The van der Waals surface area contributed by atoms with E-state index in [0.717, 1.165) is 18.4 Å². The number of phenolic OH excluding ortho intramolecular Hbond substituents is 1. The zero-order valence-electron chi connectivity index (χ0n) is 11.7. The third kappa shape index (κ3) is 4.65. The highest BCUT2D eigenvalue weighted by atomic mass is 16.3. The molecule has 0 aliphatic rings. The van der Waals surface area contributed by atoms with E-state index in [1.807, 2.05) is 26.0 Å². The molecule has 0 aromatic heterocycles. The second-order valence-corrected chi connectivity index (χ2v) is 4.44. The summed E-state index contributed by atoms with van der Waals surface area (Å²) in [5.74, 6) is -0.343. The molecule has 20 heavy (non-hydrogen) atoms. The summed E-state index contributed by atoms with van der Waals surface area (Å²) in [5, 5.41) is 24.1. The molecule has 1 aromatic carbocycles. The van der Waals surface area contributed by atoms with Crippen LogP contribution in [0, 0.1) is 18.3 Å². The first-order chi connectivity index (χ1) is 9.58. The second kappa shape index (κ2) is 7.85. The number of anilines is 1. The van der Waals surface area contributed by atoms with E-state index in [1.165, 1.54) is 6.20 Å². The van der Waals surface area contributed by atoms with Crippen molar-refractivity contribution in [1.29, 1.82) is 5.26 Å². The van der Waals surface area contributed by atoms with Crippen LogP contribution in [0.5, 0.6) is 5.75 Å². The minimum atomic E-state index is -0.417. The third-order valence-electron chi connectivity index (χ3n) is 2.71. The molecule has 106 valence electrons. The number of nitrogens with one attached hydrogen (secondary N) is 2. The van der Waals surface area contributed by atoms with Crippen LogP contribution in [-0.4, -0.2) is 17.6 Å². The lowest BCUT2D eigenvalue weighted by Crippen LogP contribution is -2.25. The smallest absolute Gasteiger partial charge is 0.263 e. The number of hydrogen-bond acceptors (Lipinski definition) is 4. The van der Waals surface area contributed by atoms with Crippen molar-refractivity contribution in [3.8, 4) is 11.8 Å². The number of carbonyl (C=O) groups excluding carboxylic acids is 1. The van der Waals surface area contributed by atoms with E-state index in [2.05, 4.69) is 10.6 Å². The Morgan fingerprint density at radius 1 is 1.50 bits per heavy atom. The zero-order valence-corrected chi connectivity index (χ0v) is 11.7. The van der Waals surface area contributed by atoms with Crippen molar-refractivity contribution in [1.82, 2.24) is 5.32 Å². The quantitative estimate of drug-likeness (QED) is 0.321. The number of phenols is 1. The molecule has 0 saturated heterocycles. The molecule has 0 heterocycles. The van der Waals surface area contributed by atoms with Crippen LogP contribution in [0.2, 0.25) is 0 Å². The van der Waals surface area contributed by atoms with Gasteiger partial charge in [0, 0.05) is 12.7 Å². The summed E-state index contributed by atoms with van der Waals surface area (Å²) in [6, 6.07) is 6.94. The molecule has 1 amide bonds. The van der Waals surface area contributed by atoms with Gasteiger partial charge in [-0.1, -0.05) is 19.4 Å². The Bertz CT molecular complexity index is 545. The Morgan fingerprint density at radius 2 is 2.25 bits per heavy atom. The van der Waals surface area contributed by atoms with E-state index < -0.39 is 5.91 Å². The highest BCUT2D eigenvalue weighted by Crippen LogP contribution is 2.23. The van der Waals surface area contributed by atoms with E-state index in [-0.39, 0.29) is 11.3 Å². The highest BCUT2D eigenvalue weighted by Gasteiger charge is 2.08. The number of unbranched alkanes of at least 4 members (excludes halogenated alkanes) is 1. The molecule has 0 fully saturated rings. The molecule has 0 atom stereocenters. The van der Waals surface area contributed by atoms with Gasteiger partial charge in [0.25, 0.3) is 5.91 Å². The van der Waals surface area contributed by atoms with Crippen molar-refractivity contribution < 1.29 is 9.90 Å². The lowest BCUT2D eigenvalue weighted by Gasteiger charge is -2.06. The van der Waals surface area contributed by atoms with Gasteiger partial charge >= 0.3 is 0 Å². The summed E-state index contributed by atoms with van der Waals surface area (Å²) in [6.07, 6.45) is 3.14. The van der Waals surface area contributed by atoms with Crippen molar-refractivity contribution in [3.63, 3.8) is 0 Å². The first kappa shape index (κ1) is 15.6. The Morgan fingerprint density at radius 3 is 2.85 bits per heavy atom. The summed E-state index contributed by atoms with van der Waals surface area (Å²) in [5.41, 5.74) is 1.35. The van der Waals surface area contributed by atoms with Gasteiger partial charge in [-0.2, -0.15) is 5.26 Å². The average molecular weight is 273 g/mol. The lowest BCUT2D eigenvalue weighted by molar-refractivity contribution is -0.117. The fourth-order valence-corrected chi connectivity index (χ4v) is 1.54. The van der Waals surface area contributed by atoms with Crippen LogP contribution in [-0.2, 0) is 4.79 Å². The molecule has 1 aromatic rings. The van der Waals surface area contributed by atoms with Gasteiger partial charge in [0.2, 0.25) is 0 Å². The molecule has 0 aliphatic carbocycles. The Kier molecular flexibility index (Phi) is 6.11. The molecular formula is C15H19N3O2. The average Bonchev–Trinajstić information content (AvgIpc) is 2.42. The Balaban J connectivity index is 2.70. The Labute approximate surface area is 118 Å². The fraction of sp³-hybridized carbons (Fsp3) is 0.333. The monoisotopic (exact) mass is 273 g/mol. The van der Waals surface area contributed by atoms with Crippen LogP contribution < -0.4 is 10.6 Å². The number of benzene rings is 1. The topological polar surface area (TPSA) is 85.2 Å². The molecule has 0 aliphatic heterocycles. The standard InChI is InChI=1S/C15H19N3O2/c1-3-4-7-17-15(20)12(9-16)10-18-13-6-5-11(2)8-14(13)19/h5-6,8,10,18-19H,3-4,7H2,1-2H3,(H,17,20)/b12-10-. The van der Waals surface area contributed by atoms with E-state index in [0.29, 0.717) is 12.2 Å². The van der Waals surface area contributed by atoms with Crippen molar-refractivity contribution in [2.75, 3.05) is 11.9 Å². The number of carbonyl (C=O) groups is 1. The molecule has 0 bridgehead atoms. The number of rotatable bonds is 6. The number of nitrogens with zero attached hydrogens (tertiary/aromatic N) is 1. The van der Waals surface area contributed by atoms with E-state index >= 15 is 0 Å². The molecular weight excluding hydrogens is 254 g/mol. The SMILES string of the molecule is CCCCNC(=O)/C(C#N)=C\Nc1ccc(C)cc1O. The maximum Gasteiger partial charge on any atom is 0.263 e. The van der Waals surface area contributed by atoms with Gasteiger partial charge in [-0.3, -0.25) is 4.79 Å². The maximum absolute atomic E-state index is 11.7. The fourth-order valence-electron chi connectivity index (χ4n) is 1.54. The first-order valence-electron chi connectivity index (χ1n) is 6.53. The van der Waals surface area contributed by atoms with Gasteiger partial charge in [0.1, 0.15) is 17.4 Å². The van der Waals surface area contributed by atoms with Gasteiger partial charge in [-0.25, -0.2) is 0 Å². The molecule has 3 N–H and O–H groups in total. The number of aromatic hydroxyl groups is 1. The van der Waals surface area contributed by atoms with Crippen molar-refractivity contribution >= 4 is 11.6 Å². The van der Waals surface area contributed by atoms with Crippen LogP contribution in [0.15, 0.2) is 30.0 Å². The number of aryl methyl sites for hydroxylation is 1. The summed E-state index contributed by atoms with van der Waals surface area (Å²) < 4.78 is 0. The molecule has 0 saturated carbocycles. The maximum atomic E-state index is 11.7. The highest BCUT2D eigenvalue weighted by molar-refractivity contribution is 5.97. The summed E-state index contributed by atoms with van der Waals surface area (Å²) in [7, 11) is 0. The lowest BCUT2D eigenvalue weighted by atomic mass is 10.2.